The monoisotopic (exact) mass is 683 g/mol. The molecule has 0 saturated carbocycles. The Morgan fingerprint density at radius 3 is 2.77 bits per heavy atom. The van der Waals surface area contributed by atoms with E-state index in [4.69, 9.17) is 30.8 Å². The predicted octanol–water partition coefficient (Wildman–Crippen LogP) is 6.49. The summed E-state index contributed by atoms with van der Waals surface area (Å²) in [7, 11) is 0. The third kappa shape index (κ3) is 4.92. The molecule has 2 bridgehead atoms. The Balaban J connectivity index is 1.27. The minimum Gasteiger partial charge on any atom is -0.507 e. The van der Waals surface area contributed by atoms with Gasteiger partial charge in [-0.1, -0.05) is 29.8 Å². The van der Waals surface area contributed by atoms with Crippen LogP contribution in [0.25, 0.3) is 22.0 Å². The Morgan fingerprint density at radius 2 is 2.00 bits per heavy atom. The fourth-order valence-corrected chi connectivity index (χ4v) is 9.14. The lowest BCUT2D eigenvalue weighted by atomic mass is 9.95. The van der Waals surface area contributed by atoms with Crippen molar-refractivity contribution in [3.05, 3.63) is 35.1 Å². The van der Waals surface area contributed by atoms with E-state index in [2.05, 4.69) is 14.8 Å². The number of aromatic hydroxyl groups is 1. The molecular weight excluding hydrogens is 644 g/mol. The number of amides is 1. The molecule has 6 atom stereocenters. The lowest BCUT2D eigenvalue weighted by Gasteiger charge is -2.48. The van der Waals surface area contributed by atoms with Crippen LogP contribution in [0.3, 0.4) is 0 Å². The maximum Gasteiger partial charge on any atom is 0.410 e. The average molecular weight is 684 g/mol. The van der Waals surface area contributed by atoms with Crippen LogP contribution in [-0.2, 0) is 4.74 Å². The van der Waals surface area contributed by atoms with Crippen molar-refractivity contribution < 1.29 is 32.9 Å². The molecule has 4 fully saturated rings. The van der Waals surface area contributed by atoms with Gasteiger partial charge in [0.2, 0.25) is 0 Å². The number of benzene rings is 2. The molecule has 0 spiro atoms. The first-order valence-corrected chi connectivity index (χ1v) is 17.2. The molecule has 0 unspecified atom stereocenters. The molecule has 10 nitrogen and oxygen atoms in total. The number of hydrogen-bond acceptors (Lipinski definition) is 9. The van der Waals surface area contributed by atoms with Crippen LogP contribution < -0.4 is 14.4 Å². The Kier molecular flexibility index (Phi) is 7.38. The van der Waals surface area contributed by atoms with Crippen molar-refractivity contribution in [1.29, 1.82) is 0 Å². The highest BCUT2D eigenvalue weighted by Gasteiger charge is 2.54. The number of nitrogens with zero attached hydrogens (tertiary/aromatic N) is 5. The normalized spacial score (nSPS) is 29.4. The number of hydrogen-bond donors (Lipinski definition) is 1. The van der Waals surface area contributed by atoms with E-state index in [1.807, 2.05) is 32.6 Å². The second-order valence-corrected chi connectivity index (χ2v) is 15.3. The van der Waals surface area contributed by atoms with Gasteiger partial charge in [-0.15, -0.1) is 0 Å². The number of carbonyl (C=O) groups excluding carboxylic acids is 1. The van der Waals surface area contributed by atoms with E-state index >= 15 is 4.39 Å². The van der Waals surface area contributed by atoms with Crippen molar-refractivity contribution in [3.63, 3.8) is 0 Å². The smallest absolute Gasteiger partial charge is 0.410 e. The van der Waals surface area contributed by atoms with E-state index in [1.54, 1.807) is 18.2 Å². The van der Waals surface area contributed by atoms with Crippen LogP contribution >= 0.6 is 11.6 Å². The second kappa shape index (κ2) is 11.2. The Labute approximate surface area is 282 Å². The van der Waals surface area contributed by atoms with Crippen LogP contribution in [0.2, 0.25) is 5.02 Å². The first-order chi connectivity index (χ1) is 22.8. The van der Waals surface area contributed by atoms with Crippen molar-refractivity contribution in [2.75, 3.05) is 31.1 Å². The number of carbonyl (C=O) groups is 1. The predicted molar refractivity (Wildman–Crippen MR) is 176 cm³/mol. The topological polar surface area (TPSA) is 100 Å². The number of halogens is 3. The zero-order valence-corrected chi connectivity index (χ0v) is 28.3. The van der Waals surface area contributed by atoms with E-state index < -0.39 is 29.2 Å². The number of para-hydroxylation sites is 1. The van der Waals surface area contributed by atoms with Gasteiger partial charge in [0, 0.05) is 30.6 Å². The van der Waals surface area contributed by atoms with Gasteiger partial charge in [-0.3, -0.25) is 9.80 Å². The summed E-state index contributed by atoms with van der Waals surface area (Å²) >= 11 is 7.03. The lowest BCUT2D eigenvalue weighted by Crippen LogP contribution is -2.65. The number of piperazine rings is 1. The van der Waals surface area contributed by atoms with Crippen molar-refractivity contribution in [1.82, 2.24) is 19.8 Å². The number of phenols is 1. The van der Waals surface area contributed by atoms with Gasteiger partial charge >= 0.3 is 12.1 Å². The molecule has 8 rings (SSSR count). The molecule has 5 aliphatic rings. The van der Waals surface area contributed by atoms with Gasteiger partial charge in [-0.05, 0) is 66.0 Å². The van der Waals surface area contributed by atoms with E-state index in [0.717, 1.165) is 32.2 Å². The summed E-state index contributed by atoms with van der Waals surface area (Å²) in [5.41, 5.74) is -1.04. The SMILES string of the molecule is C[C@@H]1Oc2c(Cl)c(-c3ccccc3O)c(F)c3nc(OC[C@@]45CCCN4C[C@H](F)C5)nc(c23)N2C[C@H]3CC[C@@H]([C@@H]12)N3C(=O)OC(C)(C)C. The van der Waals surface area contributed by atoms with Crippen molar-refractivity contribution in [3.8, 4) is 28.6 Å². The summed E-state index contributed by atoms with van der Waals surface area (Å²) in [5.74, 6) is -0.294. The number of anilines is 1. The zero-order valence-electron chi connectivity index (χ0n) is 27.5. The standard InChI is InChI=1S/C35H40ClF2N5O5/c1-18-29-22-11-10-20(43(22)33(45)48-34(2,3)4)16-42(29)31-25-28(27(38)24(26(36)30(25)47-18)21-8-5-6-9-23(21)44)39-32(40-31)46-17-35-12-7-13-41(35)15-19(37)14-35/h5-6,8-9,18-20,22,29,44H,7,10-17H2,1-4H3/t18-,19+,20+,22-,29+,35-/m0/s1. The van der Waals surface area contributed by atoms with Crippen molar-refractivity contribution >= 4 is 34.4 Å². The van der Waals surface area contributed by atoms with E-state index in [-0.39, 0.29) is 70.0 Å². The maximum absolute atomic E-state index is 16.9. The molecular formula is C35H40ClF2N5O5. The van der Waals surface area contributed by atoms with Gasteiger partial charge in [0.1, 0.15) is 41.6 Å². The number of rotatable bonds is 4. The summed E-state index contributed by atoms with van der Waals surface area (Å²) in [4.78, 5) is 29.1. The minimum atomic E-state index is -0.935. The molecule has 48 heavy (non-hydrogen) atoms. The van der Waals surface area contributed by atoms with Crippen LogP contribution in [0.4, 0.5) is 19.4 Å². The first kappa shape index (κ1) is 31.6. The minimum absolute atomic E-state index is 0.0127. The largest absolute Gasteiger partial charge is 0.507 e. The number of fused-ring (bicyclic) bond motifs is 6. The molecule has 0 aliphatic carbocycles. The highest BCUT2D eigenvalue weighted by Crippen LogP contribution is 2.52. The summed E-state index contributed by atoms with van der Waals surface area (Å²) in [6.07, 6.45) is 1.75. The molecule has 1 aromatic heterocycles. The molecule has 256 valence electrons. The fourth-order valence-electron chi connectivity index (χ4n) is 8.82. The number of aromatic nitrogens is 2. The van der Waals surface area contributed by atoms with Crippen LogP contribution in [-0.4, -0.2) is 98.7 Å². The van der Waals surface area contributed by atoms with Crippen LogP contribution in [0, 0.1) is 5.82 Å². The maximum atomic E-state index is 16.9. The summed E-state index contributed by atoms with van der Waals surface area (Å²) < 4.78 is 50.3. The van der Waals surface area contributed by atoms with E-state index in [0.29, 0.717) is 30.7 Å². The molecule has 0 radical (unpaired) electrons. The van der Waals surface area contributed by atoms with E-state index in [1.165, 1.54) is 6.07 Å². The van der Waals surface area contributed by atoms with Gasteiger partial charge in [-0.25, -0.2) is 13.6 Å². The van der Waals surface area contributed by atoms with Gasteiger partial charge in [0.05, 0.1) is 34.1 Å². The molecule has 4 saturated heterocycles. The van der Waals surface area contributed by atoms with Crippen molar-refractivity contribution in [2.24, 2.45) is 0 Å². The number of ether oxygens (including phenoxy) is 3. The van der Waals surface area contributed by atoms with Gasteiger partial charge in [-0.2, -0.15) is 9.97 Å². The average Bonchev–Trinajstić information content (AvgIpc) is 3.63. The number of alkyl halides is 1. The third-order valence-electron chi connectivity index (χ3n) is 10.7. The highest BCUT2D eigenvalue weighted by atomic mass is 35.5. The Bertz CT molecular complexity index is 1810. The Hall–Kier alpha value is -3.64. The zero-order chi connectivity index (χ0) is 33.7. The Morgan fingerprint density at radius 1 is 1.21 bits per heavy atom. The molecule has 2 aromatic carbocycles. The quantitative estimate of drug-likeness (QED) is 0.331. The summed E-state index contributed by atoms with van der Waals surface area (Å²) in [6, 6.07) is 5.52. The second-order valence-electron chi connectivity index (χ2n) is 14.9. The van der Waals surface area contributed by atoms with Crippen molar-refractivity contribution in [2.45, 2.75) is 101 Å². The van der Waals surface area contributed by atoms with E-state index in [9.17, 15) is 14.3 Å². The molecule has 1 N–H and O–H groups in total. The summed E-state index contributed by atoms with van der Waals surface area (Å²) in [5, 5.41) is 11.1. The summed E-state index contributed by atoms with van der Waals surface area (Å²) in [6.45, 7) is 9.19. The van der Waals surface area contributed by atoms with Crippen LogP contribution in [0.1, 0.15) is 59.8 Å². The van der Waals surface area contributed by atoms with Crippen LogP contribution in [0.5, 0.6) is 17.5 Å². The third-order valence-corrected chi connectivity index (χ3v) is 11.1. The molecule has 5 aliphatic heterocycles. The first-order valence-electron chi connectivity index (χ1n) is 16.8. The highest BCUT2D eigenvalue weighted by molar-refractivity contribution is 6.36. The van der Waals surface area contributed by atoms with Gasteiger partial charge in [0.15, 0.2) is 11.6 Å². The fraction of sp³-hybridized carbons (Fsp3) is 0.571. The van der Waals surface area contributed by atoms with Gasteiger partial charge in [0.25, 0.3) is 0 Å². The molecule has 1 amide bonds. The molecule has 13 heteroatoms. The lowest BCUT2D eigenvalue weighted by molar-refractivity contribution is 0.00114. The molecule has 6 heterocycles. The number of phenolic OH excluding ortho intramolecular Hbond substituents is 1. The van der Waals surface area contributed by atoms with Gasteiger partial charge < -0.3 is 24.2 Å². The van der Waals surface area contributed by atoms with Crippen LogP contribution in [0.15, 0.2) is 24.3 Å². The molecule has 3 aromatic rings.